The molecular weight excluding hydrogens is 260 g/mol. The number of nitrogens with zero attached hydrogens (tertiary/aromatic N) is 2. The zero-order valence-corrected chi connectivity index (χ0v) is 11.7. The first kappa shape index (κ1) is 12.1. The number of hydrogen-bond acceptors (Lipinski definition) is 3. The first-order valence-electron chi connectivity index (χ1n) is 7.10. The van der Waals surface area contributed by atoms with E-state index >= 15 is 0 Å². The number of furan rings is 1. The minimum Gasteiger partial charge on any atom is -0.452 e. The molecule has 0 aliphatic heterocycles. The molecule has 0 N–H and O–H groups in total. The maximum absolute atomic E-state index is 6.01. The summed E-state index contributed by atoms with van der Waals surface area (Å²) in [6, 6.07) is 18.1. The molecule has 0 bridgehead atoms. The van der Waals surface area contributed by atoms with Crippen LogP contribution in [0.4, 0.5) is 0 Å². The third kappa shape index (κ3) is 1.89. The summed E-state index contributed by atoms with van der Waals surface area (Å²) in [5.41, 5.74) is 4.44. The second-order valence-corrected chi connectivity index (χ2v) is 4.98. The average Bonchev–Trinajstić information content (AvgIpc) is 2.93. The van der Waals surface area contributed by atoms with Crippen molar-refractivity contribution in [2.75, 3.05) is 0 Å². The van der Waals surface area contributed by atoms with Crippen LogP contribution in [-0.4, -0.2) is 9.97 Å². The highest BCUT2D eigenvalue weighted by Gasteiger charge is 2.15. The Labute approximate surface area is 122 Å². The molecule has 4 aromatic rings. The summed E-state index contributed by atoms with van der Waals surface area (Å²) in [5.74, 6) is 0.841. The molecular formula is C18H14N2O. The van der Waals surface area contributed by atoms with Gasteiger partial charge in [0.15, 0.2) is 5.58 Å². The molecule has 0 radical (unpaired) electrons. The Morgan fingerprint density at radius 2 is 1.67 bits per heavy atom. The molecule has 21 heavy (non-hydrogen) atoms. The molecule has 0 fully saturated rings. The van der Waals surface area contributed by atoms with Crippen LogP contribution in [0.2, 0.25) is 0 Å². The summed E-state index contributed by atoms with van der Waals surface area (Å²) in [6.07, 6.45) is 0.801. The highest BCUT2D eigenvalue weighted by atomic mass is 16.3. The standard InChI is InChI=1S/C18H14N2O/c1-2-15-19-16(12-8-4-3-5-9-12)18-17(20-15)13-10-6-7-11-14(13)21-18/h3-11H,2H2,1H3. The molecule has 3 heteroatoms. The zero-order valence-electron chi connectivity index (χ0n) is 11.7. The van der Waals surface area contributed by atoms with Crippen molar-refractivity contribution in [2.24, 2.45) is 0 Å². The van der Waals surface area contributed by atoms with E-state index in [4.69, 9.17) is 4.42 Å². The fraction of sp³-hybridized carbons (Fsp3) is 0.111. The largest absolute Gasteiger partial charge is 0.452 e. The summed E-state index contributed by atoms with van der Waals surface area (Å²) in [5, 5.41) is 1.04. The first-order chi connectivity index (χ1) is 10.4. The highest BCUT2D eigenvalue weighted by molar-refractivity contribution is 6.06. The molecule has 3 nitrogen and oxygen atoms in total. The van der Waals surface area contributed by atoms with Gasteiger partial charge in [-0.1, -0.05) is 49.4 Å². The Morgan fingerprint density at radius 1 is 0.905 bits per heavy atom. The van der Waals surface area contributed by atoms with Crippen molar-refractivity contribution in [3.8, 4) is 11.3 Å². The third-order valence-electron chi connectivity index (χ3n) is 3.63. The molecule has 0 unspecified atom stereocenters. The van der Waals surface area contributed by atoms with Crippen LogP contribution in [0.5, 0.6) is 0 Å². The predicted molar refractivity (Wildman–Crippen MR) is 84.1 cm³/mol. The van der Waals surface area contributed by atoms with Crippen molar-refractivity contribution in [3.63, 3.8) is 0 Å². The molecule has 0 saturated carbocycles. The SMILES string of the molecule is CCc1nc(-c2ccccc2)c2oc3ccccc3c2n1. The van der Waals surface area contributed by atoms with E-state index in [1.807, 2.05) is 42.5 Å². The fourth-order valence-corrected chi connectivity index (χ4v) is 2.59. The Balaban J connectivity index is 2.14. The molecule has 0 aliphatic rings. The van der Waals surface area contributed by atoms with Crippen LogP contribution >= 0.6 is 0 Å². The van der Waals surface area contributed by atoms with Crippen molar-refractivity contribution in [1.82, 2.24) is 9.97 Å². The summed E-state index contributed by atoms with van der Waals surface area (Å²) >= 11 is 0. The smallest absolute Gasteiger partial charge is 0.180 e. The average molecular weight is 274 g/mol. The van der Waals surface area contributed by atoms with Crippen molar-refractivity contribution in [3.05, 3.63) is 60.4 Å². The molecule has 0 saturated heterocycles. The van der Waals surface area contributed by atoms with E-state index in [0.29, 0.717) is 0 Å². The zero-order chi connectivity index (χ0) is 14.2. The molecule has 0 amide bonds. The van der Waals surface area contributed by atoms with Gasteiger partial charge in [0.2, 0.25) is 0 Å². The molecule has 0 atom stereocenters. The summed E-state index contributed by atoms with van der Waals surface area (Å²) in [6.45, 7) is 2.07. The molecule has 2 aromatic heterocycles. The maximum atomic E-state index is 6.01. The number of aryl methyl sites for hydroxylation is 1. The summed E-state index contributed by atoms with van der Waals surface area (Å²) < 4.78 is 6.01. The van der Waals surface area contributed by atoms with Gasteiger partial charge < -0.3 is 4.42 Å². The van der Waals surface area contributed by atoms with Gasteiger partial charge >= 0.3 is 0 Å². The quantitative estimate of drug-likeness (QED) is 0.536. The number of rotatable bonds is 2. The van der Waals surface area contributed by atoms with Gasteiger partial charge in [0.05, 0.1) is 0 Å². The normalized spacial score (nSPS) is 11.3. The second-order valence-electron chi connectivity index (χ2n) is 4.98. The van der Waals surface area contributed by atoms with E-state index in [0.717, 1.165) is 45.6 Å². The van der Waals surface area contributed by atoms with Crippen molar-refractivity contribution >= 4 is 22.1 Å². The Hall–Kier alpha value is -2.68. The Bertz CT molecular complexity index is 926. The van der Waals surface area contributed by atoms with E-state index in [2.05, 4.69) is 29.0 Å². The first-order valence-corrected chi connectivity index (χ1v) is 7.10. The third-order valence-corrected chi connectivity index (χ3v) is 3.63. The van der Waals surface area contributed by atoms with Gasteiger partial charge in [-0.3, -0.25) is 0 Å². The van der Waals surface area contributed by atoms with Gasteiger partial charge in [-0.2, -0.15) is 0 Å². The second kappa shape index (κ2) is 4.70. The number of fused-ring (bicyclic) bond motifs is 3. The molecule has 2 aromatic carbocycles. The number of benzene rings is 2. The van der Waals surface area contributed by atoms with Crippen LogP contribution in [-0.2, 0) is 6.42 Å². The van der Waals surface area contributed by atoms with Gasteiger partial charge in [0, 0.05) is 17.4 Å². The lowest BCUT2D eigenvalue weighted by molar-refractivity contribution is 0.666. The van der Waals surface area contributed by atoms with E-state index in [1.165, 1.54) is 0 Å². The fourth-order valence-electron chi connectivity index (χ4n) is 2.59. The van der Waals surface area contributed by atoms with E-state index in [9.17, 15) is 0 Å². The Kier molecular flexibility index (Phi) is 2.71. The van der Waals surface area contributed by atoms with Crippen molar-refractivity contribution in [2.45, 2.75) is 13.3 Å². The topological polar surface area (TPSA) is 38.9 Å². The van der Waals surface area contributed by atoms with Gasteiger partial charge in [0.25, 0.3) is 0 Å². The highest BCUT2D eigenvalue weighted by Crippen LogP contribution is 2.33. The lowest BCUT2D eigenvalue weighted by atomic mass is 10.1. The Morgan fingerprint density at radius 3 is 2.48 bits per heavy atom. The van der Waals surface area contributed by atoms with Crippen molar-refractivity contribution < 1.29 is 4.42 Å². The van der Waals surface area contributed by atoms with Crippen LogP contribution in [0.3, 0.4) is 0 Å². The van der Waals surface area contributed by atoms with Crippen LogP contribution in [0, 0.1) is 0 Å². The van der Waals surface area contributed by atoms with Gasteiger partial charge in [-0.05, 0) is 12.1 Å². The van der Waals surface area contributed by atoms with Crippen LogP contribution in [0.15, 0.2) is 59.0 Å². The lowest BCUT2D eigenvalue weighted by Gasteiger charge is -2.04. The molecule has 2 heterocycles. The van der Waals surface area contributed by atoms with Gasteiger partial charge in [0.1, 0.15) is 22.6 Å². The van der Waals surface area contributed by atoms with Gasteiger partial charge in [-0.15, -0.1) is 0 Å². The summed E-state index contributed by atoms with van der Waals surface area (Å²) in [4.78, 5) is 9.34. The van der Waals surface area contributed by atoms with Crippen molar-refractivity contribution in [1.29, 1.82) is 0 Å². The minimum absolute atomic E-state index is 0.764. The molecule has 4 rings (SSSR count). The van der Waals surface area contributed by atoms with Gasteiger partial charge in [-0.25, -0.2) is 9.97 Å². The van der Waals surface area contributed by atoms with E-state index in [1.54, 1.807) is 0 Å². The molecule has 0 aliphatic carbocycles. The van der Waals surface area contributed by atoms with Crippen LogP contribution < -0.4 is 0 Å². The number of hydrogen-bond donors (Lipinski definition) is 0. The summed E-state index contributed by atoms with van der Waals surface area (Å²) in [7, 11) is 0. The molecule has 0 spiro atoms. The predicted octanol–water partition coefficient (Wildman–Crippen LogP) is 4.61. The molecule has 102 valence electrons. The van der Waals surface area contributed by atoms with Crippen LogP contribution in [0.25, 0.3) is 33.3 Å². The van der Waals surface area contributed by atoms with Crippen LogP contribution in [0.1, 0.15) is 12.7 Å². The monoisotopic (exact) mass is 274 g/mol. The van der Waals surface area contributed by atoms with E-state index in [-0.39, 0.29) is 0 Å². The minimum atomic E-state index is 0.764. The van der Waals surface area contributed by atoms with E-state index < -0.39 is 0 Å². The number of aromatic nitrogens is 2. The maximum Gasteiger partial charge on any atom is 0.180 e. The lowest BCUT2D eigenvalue weighted by Crippen LogP contribution is -1.95. The number of para-hydroxylation sites is 1.